The zero-order chi connectivity index (χ0) is 18.7. The van der Waals surface area contributed by atoms with Crippen molar-refractivity contribution in [2.75, 3.05) is 26.2 Å². The van der Waals surface area contributed by atoms with Crippen LogP contribution >= 0.6 is 0 Å². The Morgan fingerprint density at radius 2 is 2.07 bits per heavy atom. The number of aromatic nitrogens is 1. The molecule has 2 amide bonds. The van der Waals surface area contributed by atoms with E-state index in [0.717, 1.165) is 63.9 Å². The molecule has 1 aromatic heterocycles. The van der Waals surface area contributed by atoms with E-state index in [2.05, 4.69) is 4.98 Å². The zero-order valence-electron chi connectivity index (χ0n) is 15.9. The van der Waals surface area contributed by atoms with Crippen LogP contribution in [0.2, 0.25) is 0 Å². The van der Waals surface area contributed by atoms with Gasteiger partial charge in [0, 0.05) is 38.9 Å². The van der Waals surface area contributed by atoms with Crippen LogP contribution in [0.15, 0.2) is 24.4 Å². The summed E-state index contributed by atoms with van der Waals surface area (Å²) in [6.45, 7) is 3.64. The Hall–Kier alpha value is -1.95. The molecule has 0 bridgehead atoms. The summed E-state index contributed by atoms with van der Waals surface area (Å²) in [6, 6.07) is 5.83. The predicted molar refractivity (Wildman–Crippen MR) is 101 cm³/mol. The SMILES string of the molecule is O=C1CCC2(CCN(C(=O)[C@H]3CCCCO3)CC2)CN1Cc1ccccn1. The molecule has 0 saturated carbocycles. The highest BCUT2D eigenvalue weighted by molar-refractivity contribution is 5.81. The van der Waals surface area contributed by atoms with Crippen molar-refractivity contribution < 1.29 is 14.3 Å². The van der Waals surface area contributed by atoms with Gasteiger partial charge in [-0.25, -0.2) is 0 Å². The number of ether oxygens (including phenoxy) is 1. The molecule has 3 saturated heterocycles. The number of amides is 2. The van der Waals surface area contributed by atoms with E-state index in [-0.39, 0.29) is 23.3 Å². The summed E-state index contributed by atoms with van der Waals surface area (Å²) in [4.78, 5) is 33.5. The maximum absolute atomic E-state index is 12.7. The number of pyridine rings is 1. The first-order chi connectivity index (χ1) is 13.2. The highest BCUT2D eigenvalue weighted by atomic mass is 16.5. The standard InChI is InChI=1S/C21H29N3O3/c25-19-7-8-21(16-24(19)15-17-5-1-3-11-22-17)9-12-23(13-10-21)20(26)18-6-2-4-14-27-18/h1,3,5,11,18H,2,4,6-10,12-16H2/t18-/m1/s1. The van der Waals surface area contributed by atoms with Crippen LogP contribution in [-0.2, 0) is 20.9 Å². The van der Waals surface area contributed by atoms with Gasteiger partial charge in [-0.1, -0.05) is 6.07 Å². The van der Waals surface area contributed by atoms with Gasteiger partial charge < -0.3 is 14.5 Å². The summed E-state index contributed by atoms with van der Waals surface area (Å²) in [5, 5.41) is 0. The molecule has 4 heterocycles. The Morgan fingerprint density at radius 3 is 2.78 bits per heavy atom. The van der Waals surface area contributed by atoms with Crippen LogP contribution in [0.25, 0.3) is 0 Å². The largest absolute Gasteiger partial charge is 0.368 e. The molecule has 0 N–H and O–H groups in total. The smallest absolute Gasteiger partial charge is 0.251 e. The van der Waals surface area contributed by atoms with Crippen molar-refractivity contribution in [1.29, 1.82) is 0 Å². The molecular formula is C21H29N3O3. The molecule has 6 nitrogen and oxygen atoms in total. The topological polar surface area (TPSA) is 62.7 Å². The zero-order valence-corrected chi connectivity index (χ0v) is 15.9. The molecule has 6 heteroatoms. The number of likely N-dealkylation sites (tertiary alicyclic amines) is 2. The lowest BCUT2D eigenvalue weighted by molar-refractivity contribution is -0.151. The average molecular weight is 371 g/mol. The van der Waals surface area contributed by atoms with E-state index < -0.39 is 0 Å². The van der Waals surface area contributed by atoms with Crippen molar-refractivity contribution in [1.82, 2.24) is 14.8 Å². The summed E-state index contributed by atoms with van der Waals surface area (Å²) >= 11 is 0. The molecule has 1 atom stereocenters. The van der Waals surface area contributed by atoms with Crippen molar-refractivity contribution in [3.63, 3.8) is 0 Å². The van der Waals surface area contributed by atoms with Crippen molar-refractivity contribution in [3.8, 4) is 0 Å². The molecule has 4 rings (SSSR count). The lowest BCUT2D eigenvalue weighted by atomic mass is 9.72. The van der Waals surface area contributed by atoms with Crippen LogP contribution in [-0.4, -0.2) is 58.9 Å². The van der Waals surface area contributed by atoms with Gasteiger partial charge in [-0.3, -0.25) is 14.6 Å². The lowest BCUT2D eigenvalue weighted by Gasteiger charge is -2.47. The fraction of sp³-hybridized carbons (Fsp3) is 0.667. The first-order valence-electron chi connectivity index (χ1n) is 10.2. The molecule has 3 aliphatic rings. The maximum atomic E-state index is 12.7. The fourth-order valence-electron chi connectivity index (χ4n) is 4.68. The summed E-state index contributed by atoms with van der Waals surface area (Å²) in [5.74, 6) is 0.391. The first kappa shape index (κ1) is 18.4. The van der Waals surface area contributed by atoms with Gasteiger partial charge in [0.25, 0.3) is 5.91 Å². The molecule has 1 spiro atoms. The van der Waals surface area contributed by atoms with Crippen molar-refractivity contribution in [3.05, 3.63) is 30.1 Å². The number of nitrogens with zero attached hydrogens (tertiary/aromatic N) is 3. The molecular weight excluding hydrogens is 342 g/mol. The van der Waals surface area contributed by atoms with E-state index in [1.165, 1.54) is 0 Å². The van der Waals surface area contributed by atoms with Crippen LogP contribution in [0.4, 0.5) is 0 Å². The summed E-state index contributed by atoms with van der Waals surface area (Å²) in [5.41, 5.74) is 1.08. The Balaban J connectivity index is 1.35. The average Bonchev–Trinajstić information content (AvgIpc) is 2.72. The van der Waals surface area contributed by atoms with Crippen LogP contribution in [0.3, 0.4) is 0 Å². The number of carbonyl (C=O) groups is 2. The number of rotatable bonds is 3. The molecule has 1 aromatic rings. The highest BCUT2D eigenvalue weighted by Gasteiger charge is 2.42. The van der Waals surface area contributed by atoms with E-state index in [1.807, 2.05) is 28.0 Å². The monoisotopic (exact) mass is 371 g/mol. The van der Waals surface area contributed by atoms with Crippen LogP contribution in [0.1, 0.15) is 50.6 Å². The Bertz CT molecular complexity index is 665. The third kappa shape index (κ3) is 4.15. The first-order valence-corrected chi connectivity index (χ1v) is 10.2. The van der Waals surface area contributed by atoms with Gasteiger partial charge in [0.15, 0.2) is 0 Å². The number of carbonyl (C=O) groups excluding carboxylic acids is 2. The van der Waals surface area contributed by atoms with Gasteiger partial charge in [-0.05, 0) is 56.1 Å². The molecule has 3 fully saturated rings. The molecule has 0 radical (unpaired) electrons. The Morgan fingerprint density at radius 1 is 1.22 bits per heavy atom. The predicted octanol–water partition coefficient (Wildman–Crippen LogP) is 2.38. The van der Waals surface area contributed by atoms with E-state index in [4.69, 9.17) is 4.74 Å². The number of hydrogen-bond donors (Lipinski definition) is 0. The van der Waals surface area contributed by atoms with Gasteiger partial charge in [-0.2, -0.15) is 0 Å². The van der Waals surface area contributed by atoms with Gasteiger partial charge in [-0.15, -0.1) is 0 Å². The fourth-order valence-corrected chi connectivity index (χ4v) is 4.68. The van der Waals surface area contributed by atoms with Crippen LogP contribution in [0, 0.1) is 5.41 Å². The molecule has 146 valence electrons. The minimum absolute atomic E-state index is 0.146. The van der Waals surface area contributed by atoms with Crippen molar-refractivity contribution >= 4 is 11.8 Å². The second-order valence-corrected chi connectivity index (χ2v) is 8.25. The second kappa shape index (κ2) is 7.97. The second-order valence-electron chi connectivity index (χ2n) is 8.25. The molecule has 27 heavy (non-hydrogen) atoms. The van der Waals surface area contributed by atoms with Crippen LogP contribution < -0.4 is 0 Å². The molecule has 0 aromatic carbocycles. The molecule has 0 unspecified atom stereocenters. The molecule has 3 aliphatic heterocycles. The quantitative estimate of drug-likeness (QED) is 0.818. The van der Waals surface area contributed by atoms with Gasteiger partial charge in [0.05, 0.1) is 12.2 Å². The minimum Gasteiger partial charge on any atom is -0.368 e. The lowest BCUT2D eigenvalue weighted by Crippen LogP contribution is -2.53. The Labute approximate surface area is 160 Å². The normalized spacial score (nSPS) is 25.6. The number of piperidine rings is 2. The highest BCUT2D eigenvalue weighted by Crippen LogP contribution is 2.40. The number of hydrogen-bond acceptors (Lipinski definition) is 4. The third-order valence-corrected chi connectivity index (χ3v) is 6.42. The van der Waals surface area contributed by atoms with Crippen molar-refractivity contribution in [2.24, 2.45) is 5.41 Å². The van der Waals surface area contributed by atoms with Crippen molar-refractivity contribution in [2.45, 2.75) is 57.6 Å². The summed E-state index contributed by atoms with van der Waals surface area (Å²) in [6.07, 6.45) is 8.02. The van der Waals surface area contributed by atoms with E-state index in [1.54, 1.807) is 6.20 Å². The van der Waals surface area contributed by atoms with Gasteiger partial charge in [0.1, 0.15) is 6.10 Å². The van der Waals surface area contributed by atoms with Gasteiger partial charge in [0.2, 0.25) is 5.91 Å². The van der Waals surface area contributed by atoms with E-state index >= 15 is 0 Å². The summed E-state index contributed by atoms with van der Waals surface area (Å²) in [7, 11) is 0. The van der Waals surface area contributed by atoms with E-state index in [9.17, 15) is 9.59 Å². The maximum Gasteiger partial charge on any atom is 0.251 e. The molecule has 0 aliphatic carbocycles. The van der Waals surface area contributed by atoms with E-state index in [0.29, 0.717) is 19.6 Å². The third-order valence-electron chi connectivity index (χ3n) is 6.42. The summed E-state index contributed by atoms with van der Waals surface area (Å²) < 4.78 is 5.68. The van der Waals surface area contributed by atoms with Gasteiger partial charge >= 0.3 is 0 Å². The Kier molecular flexibility index (Phi) is 5.43. The minimum atomic E-state index is -0.235. The van der Waals surface area contributed by atoms with Crippen LogP contribution in [0.5, 0.6) is 0 Å².